The number of sulfonamides is 1. The highest BCUT2D eigenvalue weighted by atomic mass is 79.9. The van der Waals surface area contributed by atoms with Crippen LogP contribution >= 0.6 is 27.5 Å². The van der Waals surface area contributed by atoms with Crippen LogP contribution in [0.2, 0.25) is 5.02 Å². The van der Waals surface area contributed by atoms with E-state index in [1.807, 2.05) is 18.2 Å². The quantitative estimate of drug-likeness (QED) is 0.534. The monoisotopic (exact) mass is 473 g/mol. The molecule has 0 amide bonds. The smallest absolute Gasteiger partial charge is 0.242 e. The van der Waals surface area contributed by atoms with Crippen molar-refractivity contribution in [2.75, 3.05) is 7.05 Å². The van der Waals surface area contributed by atoms with Gasteiger partial charge in [0.2, 0.25) is 21.7 Å². The molecule has 0 spiro atoms. The van der Waals surface area contributed by atoms with E-state index in [-0.39, 0.29) is 23.0 Å². The zero-order valence-corrected chi connectivity index (χ0v) is 17.2. The number of aromatic nitrogens is 2. The molecule has 0 aliphatic rings. The molecule has 27 heavy (non-hydrogen) atoms. The van der Waals surface area contributed by atoms with Gasteiger partial charge in [-0.1, -0.05) is 50.9 Å². The van der Waals surface area contributed by atoms with Gasteiger partial charge in [-0.25, -0.2) is 12.8 Å². The largest absolute Gasteiger partial charge is 0.338 e. The summed E-state index contributed by atoms with van der Waals surface area (Å²) in [5, 5.41) is 3.92. The minimum absolute atomic E-state index is 0.0571. The summed E-state index contributed by atoms with van der Waals surface area (Å²) < 4.78 is 46.0. The maximum atomic E-state index is 13.9. The van der Waals surface area contributed by atoms with Crippen LogP contribution in [0.25, 0.3) is 11.4 Å². The van der Waals surface area contributed by atoms with Crippen molar-refractivity contribution in [3.8, 4) is 11.4 Å². The fraction of sp³-hybridized carbons (Fsp3) is 0.176. The van der Waals surface area contributed by atoms with E-state index in [4.69, 9.17) is 16.1 Å². The average Bonchev–Trinajstić information content (AvgIpc) is 3.07. The summed E-state index contributed by atoms with van der Waals surface area (Å²) in [7, 11) is -2.49. The lowest BCUT2D eigenvalue weighted by Gasteiger charge is -2.16. The summed E-state index contributed by atoms with van der Waals surface area (Å²) in [6, 6.07) is 11.3. The second-order valence-electron chi connectivity index (χ2n) is 5.73. The molecule has 0 fully saturated rings. The van der Waals surface area contributed by atoms with Gasteiger partial charge in [0, 0.05) is 27.7 Å². The van der Waals surface area contributed by atoms with E-state index in [1.165, 1.54) is 25.2 Å². The van der Waals surface area contributed by atoms with E-state index in [9.17, 15) is 12.8 Å². The van der Waals surface area contributed by atoms with Crippen LogP contribution in [0.4, 0.5) is 4.39 Å². The van der Waals surface area contributed by atoms with Crippen LogP contribution in [0.1, 0.15) is 11.5 Å². The van der Waals surface area contributed by atoms with E-state index >= 15 is 0 Å². The molecule has 0 aliphatic heterocycles. The molecule has 1 aromatic heterocycles. The van der Waals surface area contributed by atoms with Crippen LogP contribution in [0.15, 0.2) is 51.5 Å². The topological polar surface area (TPSA) is 76.3 Å². The highest BCUT2D eigenvalue weighted by Crippen LogP contribution is 2.24. The Hall–Kier alpha value is -1.81. The molecule has 6 nitrogen and oxygen atoms in total. The molecule has 0 N–H and O–H groups in total. The average molecular weight is 475 g/mol. The first-order chi connectivity index (χ1) is 12.8. The summed E-state index contributed by atoms with van der Waals surface area (Å²) in [5.41, 5.74) is 0.648. The summed E-state index contributed by atoms with van der Waals surface area (Å²) in [5.74, 6) is -0.777. The first-order valence-corrected chi connectivity index (χ1v) is 10.5. The number of halogens is 3. The first-order valence-electron chi connectivity index (χ1n) is 7.71. The van der Waals surface area contributed by atoms with Crippen molar-refractivity contribution in [2.24, 2.45) is 0 Å². The van der Waals surface area contributed by atoms with Crippen LogP contribution in [0, 0.1) is 5.82 Å². The molecule has 0 saturated heterocycles. The van der Waals surface area contributed by atoms with E-state index in [0.717, 1.165) is 14.3 Å². The predicted octanol–water partition coefficient (Wildman–Crippen LogP) is 4.25. The van der Waals surface area contributed by atoms with Gasteiger partial charge >= 0.3 is 0 Å². The van der Waals surface area contributed by atoms with E-state index in [0.29, 0.717) is 5.82 Å². The van der Waals surface area contributed by atoms with Crippen molar-refractivity contribution in [2.45, 2.75) is 12.3 Å². The van der Waals surface area contributed by atoms with Crippen LogP contribution < -0.4 is 0 Å². The van der Waals surface area contributed by atoms with Crippen LogP contribution in [0.5, 0.6) is 0 Å². The predicted molar refractivity (Wildman–Crippen MR) is 103 cm³/mol. The van der Waals surface area contributed by atoms with Gasteiger partial charge in [-0.15, -0.1) is 0 Å². The molecular weight excluding hydrogens is 461 g/mol. The van der Waals surface area contributed by atoms with Crippen LogP contribution in [-0.2, 0) is 22.3 Å². The fourth-order valence-electron chi connectivity index (χ4n) is 2.32. The second-order valence-corrected chi connectivity index (χ2v) is 9.13. The van der Waals surface area contributed by atoms with E-state index in [1.54, 1.807) is 6.07 Å². The highest BCUT2D eigenvalue weighted by Gasteiger charge is 2.24. The van der Waals surface area contributed by atoms with Gasteiger partial charge in [0.15, 0.2) is 0 Å². The minimum Gasteiger partial charge on any atom is -0.338 e. The fourth-order valence-corrected chi connectivity index (χ4v) is 4.21. The molecule has 0 bridgehead atoms. The molecule has 2 aromatic carbocycles. The molecule has 3 rings (SSSR count). The third-order valence-corrected chi connectivity index (χ3v) is 6.35. The van der Waals surface area contributed by atoms with Gasteiger partial charge in [0.05, 0.1) is 12.3 Å². The van der Waals surface area contributed by atoms with Crippen molar-refractivity contribution >= 4 is 37.6 Å². The summed E-state index contributed by atoms with van der Waals surface area (Å²) in [6.45, 7) is -0.143. The third-order valence-electron chi connectivity index (χ3n) is 3.77. The Bertz CT molecular complexity index is 1050. The van der Waals surface area contributed by atoms with Gasteiger partial charge in [-0.2, -0.15) is 9.29 Å². The van der Waals surface area contributed by atoms with Crippen molar-refractivity contribution in [1.82, 2.24) is 14.4 Å². The maximum absolute atomic E-state index is 13.9. The van der Waals surface area contributed by atoms with Crippen molar-refractivity contribution < 1.29 is 17.3 Å². The molecule has 0 aliphatic carbocycles. The van der Waals surface area contributed by atoms with Gasteiger partial charge in [0.25, 0.3) is 0 Å². The molecule has 142 valence electrons. The Morgan fingerprint density at radius 1 is 1.26 bits per heavy atom. The van der Waals surface area contributed by atoms with Crippen molar-refractivity contribution in [3.05, 3.63) is 69.2 Å². The normalized spacial score (nSPS) is 11.9. The lowest BCUT2D eigenvalue weighted by atomic mass is 10.2. The van der Waals surface area contributed by atoms with Crippen LogP contribution in [-0.4, -0.2) is 29.9 Å². The SMILES string of the molecule is CN(Cc1nc(-c2cccc(Br)c2)no1)S(=O)(=O)Cc1c(F)cccc1Cl. The number of hydrogen-bond acceptors (Lipinski definition) is 5. The van der Waals surface area contributed by atoms with E-state index in [2.05, 4.69) is 26.1 Å². The second kappa shape index (κ2) is 8.05. The number of rotatable bonds is 6. The minimum atomic E-state index is -3.85. The molecule has 0 saturated carbocycles. The highest BCUT2D eigenvalue weighted by molar-refractivity contribution is 9.10. The first kappa shape index (κ1) is 19.9. The summed E-state index contributed by atoms with van der Waals surface area (Å²) in [6.07, 6.45) is 0. The number of nitrogens with zero attached hydrogens (tertiary/aromatic N) is 3. The van der Waals surface area contributed by atoms with Gasteiger partial charge < -0.3 is 4.52 Å². The zero-order chi connectivity index (χ0) is 19.6. The standard InChI is InChI=1S/C17H14BrClFN3O3S/c1-23(27(24,25)10-13-14(19)6-3-7-15(13)20)9-16-21-17(22-26-16)11-4-2-5-12(18)8-11/h2-8H,9-10H2,1H3. The Morgan fingerprint density at radius 2 is 2.00 bits per heavy atom. The van der Waals surface area contributed by atoms with Gasteiger partial charge in [-0.05, 0) is 24.3 Å². The molecule has 0 radical (unpaired) electrons. The number of hydrogen-bond donors (Lipinski definition) is 0. The van der Waals surface area contributed by atoms with Crippen molar-refractivity contribution in [1.29, 1.82) is 0 Å². The van der Waals surface area contributed by atoms with Gasteiger partial charge in [0.1, 0.15) is 5.82 Å². The summed E-state index contributed by atoms with van der Waals surface area (Å²) >= 11 is 9.28. The Morgan fingerprint density at radius 3 is 2.70 bits per heavy atom. The summed E-state index contributed by atoms with van der Waals surface area (Å²) in [4.78, 5) is 4.21. The molecule has 10 heteroatoms. The maximum Gasteiger partial charge on any atom is 0.242 e. The Labute approximate surface area is 169 Å². The van der Waals surface area contributed by atoms with Crippen molar-refractivity contribution in [3.63, 3.8) is 0 Å². The number of benzene rings is 2. The van der Waals surface area contributed by atoms with Gasteiger partial charge in [-0.3, -0.25) is 0 Å². The molecule has 3 aromatic rings. The lowest BCUT2D eigenvalue weighted by molar-refractivity contribution is 0.336. The Balaban J connectivity index is 1.76. The molecule has 1 heterocycles. The Kier molecular flexibility index (Phi) is 5.95. The molecule has 0 atom stereocenters. The third kappa shape index (κ3) is 4.73. The molecule has 0 unspecified atom stereocenters. The van der Waals surface area contributed by atoms with E-state index < -0.39 is 21.6 Å². The molecular formula is C17H14BrClFN3O3S. The van der Waals surface area contributed by atoms with Crippen LogP contribution in [0.3, 0.4) is 0 Å². The zero-order valence-electron chi connectivity index (χ0n) is 14.1. The lowest BCUT2D eigenvalue weighted by Crippen LogP contribution is -2.28.